The Morgan fingerprint density at radius 3 is 2.86 bits per heavy atom. The molecule has 152 valence electrons. The van der Waals surface area contributed by atoms with E-state index in [-0.39, 0.29) is 23.5 Å². The van der Waals surface area contributed by atoms with Gasteiger partial charge in [0.25, 0.3) is 0 Å². The van der Waals surface area contributed by atoms with E-state index in [0.29, 0.717) is 30.0 Å². The van der Waals surface area contributed by atoms with Gasteiger partial charge in [-0.2, -0.15) is 0 Å². The Balaban J connectivity index is 1.49. The van der Waals surface area contributed by atoms with E-state index >= 15 is 0 Å². The molecule has 0 N–H and O–H groups in total. The predicted octanol–water partition coefficient (Wildman–Crippen LogP) is 2.11. The van der Waals surface area contributed by atoms with Gasteiger partial charge in [-0.15, -0.1) is 0 Å². The molecule has 6 unspecified atom stereocenters. The van der Waals surface area contributed by atoms with Gasteiger partial charge in [-0.05, 0) is 30.4 Å². The minimum Gasteiger partial charge on any atom is -0.493 e. The molecular formula is C23H26N2O4. The molecule has 1 saturated carbocycles. The van der Waals surface area contributed by atoms with Gasteiger partial charge in [0, 0.05) is 36.5 Å². The molecule has 7 rings (SSSR count). The summed E-state index contributed by atoms with van der Waals surface area (Å²) in [6.07, 6.45) is 5.11. The van der Waals surface area contributed by atoms with E-state index in [4.69, 9.17) is 14.2 Å². The van der Waals surface area contributed by atoms with Crippen molar-refractivity contribution in [1.29, 1.82) is 0 Å². The van der Waals surface area contributed by atoms with Crippen LogP contribution in [0.15, 0.2) is 23.8 Å². The Morgan fingerprint density at radius 2 is 2.03 bits per heavy atom. The number of benzene rings is 1. The Hall–Kier alpha value is -2.05. The first-order valence-corrected chi connectivity index (χ1v) is 10.8. The molecule has 5 heterocycles. The SMILES string of the molecule is COc1cc2c(cc1OC)C13CN4CC5=CCCOC6CC(=O)N2C1C6C5CC43. The lowest BCUT2D eigenvalue weighted by molar-refractivity contribution is -0.158. The zero-order chi connectivity index (χ0) is 19.5. The fourth-order valence-corrected chi connectivity index (χ4v) is 7.72. The number of methoxy groups -OCH3 is 2. The van der Waals surface area contributed by atoms with E-state index in [1.54, 1.807) is 19.8 Å². The van der Waals surface area contributed by atoms with Crippen LogP contribution in [0, 0.1) is 11.8 Å². The summed E-state index contributed by atoms with van der Waals surface area (Å²) in [5.41, 5.74) is 3.91. The fraction of sp³-hybridized carbons (Fsp3) is 0.609. The van der Waals surface area contributed by atoms with Crippen molar-refractivity contribution in [2.24, 2.45) is 11.8 Å². The number of hydrogen-bond donors (Lipinski definition) is 0. The molecule has 1 aromatic rings. The van der Waals surface area contributed by atoms with Gasteiger partial charge in [-0.25, -0.2) is 0 Å². The van der Waals surface area contributed by atoms with Crippen LogP contribution >= 0.6 is 0 Å². The first-order valence-electron chi connectivity index (χ1n) is 10.8. The van der Waals surface area contributed by atoms with Crippen molar-refractivity contribution in [1.82, 2.24) is 4.90 Å². The monoisotopic (exact) mass is 394 g/mol. The number of ether oxygens (including phenoxy) is 3. The van der Waals surface area contributed by atoms with Crippen LogP contribution in [0.3, 0.4) is 0 Å². The average molecular weight is 394 g/mol. The number of nitrogens with zero attached hydrogens (tertiary/aromatic N) is 2. The third kappa shape index (κ3) is 1.76. The highest BCUT2D eigenvalue weighted by atomic mass is 16.5. The summed E-state index contributed by atoms with van der Waals surface area (Å²) in [5.74, 6) is 2.57. The molecule has 1 spiro atoms. The highest BCUT2D eigenvalue weighted by Gasteiger charge is 2.73. The lowest BCUT2D eigenvalue weighted by atomic mass is 9.48. The van der Waals surface area contributed by atoms with Crippen molar-refractivity contribution >= 4 is 11.6 Å². The zero-order valence-electron chi connectivity index (χ0n) is 16.9. The third-order valence-electron chi connectivity index (χ3n) is 8.67. The van der Waals surface area contributed by atoms with Crippen molar-refractivity contribution in [2.75, 3.05) is 38.8 Å². The molecule has 1 aliphatic carbocycles. The number of carbonyl (C=O) groups excluding carboxylic acids is 1. The van der Waals surface area contributed by atoms with E-state index in [0.717, 1.165) is 37.6 Å². The molecule has 1 amide bonds. The molecule has 0 aromatic heterocycles. The quantitative estimate of drug-likeness (QED) is 0.719. The number of fused-ring (bicyclic) bond motifs is 2. The van der Waals surface area contributed by atoms with Crippen molar-refractivity contribution in [3.05, 3.63) is 29.3 Å². The molecule has 3 saturated heterocycles. The maximum Gasteiger partial charge on any atom is 0.229 e. The number of amides is 1. The molecule has 29 heavy (non-hydrogen) atoms. The summed E-state index contributed by atoms with van der Waals surface area (Å²) in [6.45, 7) is 2.83. The zero-order valence-corrected chi connectivity index (χ0v) is 16.9. The minimum atomic E-state index is -0.00152. The van der Waals surface area contributed by atoms with Crippen LogP contribution in [0.1, 0.15) is 24.8 Å². The smallest absolute Gasteiger partial charge is 0.229 e. The highest BCUT2D eigenvalue weighted by Crippen LogP contribution is 2.67. The van der Waals surface area contributed by atoms with E-state index < -0.39 is 0 Å². The van der Waals surface area contributed by atoms with E-state index in [1.807, 2.05) is 6.07 Å². The lowest BCUT2D eigenvalue weighted by Gasteiger charge is -2.70. The van der Waals surface area contributed by atoms with Crippen molar-refractivity contribution < 1.29 is 19.0 Å². The van der Waals surface area contributed by atoms with Crippen molar-refractivity contribution in [2.45, 2.75) is 42.9 Å². The average Bonchev–Trinajstić information content (AvgIpc) is 2.99. The first-order chi connectivity index (χ1) is 14.2. The van der Waals surface area contributed by atoms with Crippen LogP contribution < -0.4 is 14.4 Å². The topological polar surface area (TPSA) is 51.2 Å². The number of hydrogen-bond acceptors (Lipinski definition) is 5. The van der Waals surface area contributed by atoms with Crippen LogP contribution in [0.4, 0.5) is 5.69 Å². The molecule has 5 aliphatic heterocycles. The summed E-state index contributed by atoms with van der Waals surface area (Å²) in [6, 6.07) is 4.87. The van der Waals surface area contributed by atoms with Crippen LogP contribution in [0.5, 0.6) is 11.5 Å². The summed E-state index contributed by atoms with van der Waals surface area (Å²) >= 11 is 0. The van der Waals surface area contributed by atoms with Crippen LogP contribution in [-0.4, -0.2) is 62.9 Å². The van der Waals surface area contributed by atoms with E-state index in [2.05, 4.69) is 21.9 Å². The maximum absolute atomic E-state index is 13.4. The normalized spacial score (nSPS) is 41.0. The van der Waals surface area contributed by atoms with E-state index in [1.165, 1.54) is 12.0 Å². The molecule has 1 aromatic carbocycles. The third-order valence-corrected chi connectivity index (χ3v) is 8.67. The van der Waals surface area contributed by atoms with E-state index in [9.17, 15) is 4.79 Å². The first kappa shape index (κ1) is 16.7. The van der Waals surface area contributed by atoms with Crippen LogP contribution in [-0.2, 0) is 14.9 Å². The minimum absolute atomic E-state index is 0.00152. The standard InChI is InChI=1S/C23H26N2O4/c1-27-16-7-14-15(8-17(16)28-2)25-20(26)9-18-21-13-6-19-23(14,22(21)25)11-24(19)10-12(13)4-3-5-29-18/h4,7-8,13,18-19,21-22H,3,5-6,9-11H2,1-2H3. The van der Waals surface area contributed by atoms with Gasteiger partial charge >= 0.3 is 0 Å². The second-order valence-electron chi connectivity index (χ2n) is 9.49. The van der Waals surface area contributed by atoms with Gasteiger partial charge in [0.1, 0.15) is 0 Å². The van der Waals surface area contributed by atoms with Gasteiger partial charge in [0.05, 0.1) is 45.1 Å². The van der Waals surface area contributed by atoms with Gasteiger partial charge < -0.3 is 19.1 Å². The number of anilines is 1. The van der Waals surface area contributed by atoms with Crippen molar-refractivity contribution in [3.8, 4) is 11.5 Å². The Labute approximate surface area is 170 Å². The lowest BCUT2D eigenvalue weighted by Crippen LogP contribution is -2.81. The molecule has 6 heteroatoms. The molecule has 6 atom stereocenters. The molecular weight excluding hydrogens is 368 g/mol. The molecule has 6 aliphatic rings. The van der Waals surface area contributed by atoms with Crippen LogP contribution in [0.25, 0.3) is 0 Å². The summed E-state index contributed by atoms with van der Waals surface area (Å²) in [4.78, 5) is 18.2. The van der Waals surface area contributed by atoms with Gasteiger partial charge in [0.2, 0.25) is 5.91 Å². The highest BCUT2D eigenvalue weighted by molar-refractivity contribution is 6.00. The summed E-state index contributed by atoms with van der Waals surface area (Å²) in [7, 11) is 3.35. The number of carbonyl (C=O) groups is 1. The second-order valence-corrected chi connectivity index (χ2v) is 9.49. The molecule has 4 fully saturated rings. The van der Waals surface area contributed by atoms with Gasteiger partial charge in [-0.1, -0.05) is 11.6 Å². The second kappa shape index (κ2) is 5.35. The number of rotatable bonds is 2. The largest absolute Gasteiger partial charge is 0.493 e. The molecule has 2 bridgehead atoms. The fourth-order valence-electron chi connectivity index (χ4n) is 7.72. The Bertz CT molecular complexity index is 974. The van der Waals surface area contributed by atoms with Crippen molar-refractivity contribution in [3.63, 3.8) is 0 Å². The number of piperidine rings is 2. The van der Waals surface area contributed by atoms with Gasteiger partial charge in [0.15, 0.2) is 11.5 Å². The molecule has 6 nitrogen and oxygen atoms in total. The maximum atomic E-state index is 13.4. The van der Waals surface area contributed by atoms with Crippen LogP contribution in [0.2, 0.25) is 0 Å². The Kier molecular flexibility index (Phi) is 3.08. The molecule has 0 radical (unpaired) electrons. The van der Waals surface area contributed by atoms with Gasteiger partial charge in [-0.3, -0.25) is 9.69 Å². The summed E-state index contributed by atoms with van der Waals surface area (Å²) in [5, 5.41) is 0. The summed E-state index contributed by atoms with van der Waals surface area (Å²) < 4.78 is 17.6. The Morgan fingerprint density at radius 1 is 1.21 bits per heavy atom. The predicted molar refractivity (Wildman–Crippen MR) is 107 cm³/mol.